The van der Waals surface area contributed by atoms with Crippen LogP contribution in [0.5, 0.6) is 6.01 Å². The predicted octanol–water partition coefficient (Wildman–Crippen LogP) is 4.36. The van der Waals surface area contributed by atoms with Crippen molar-refractivity contribution in [1.82, 2.24) is 24.8 Å². The van der Waals surface area contributed by atoms with Gasteiger partial charge < -0.3 is 14.4 Å². The number of carbonyl (C=O) groups is 1. The van der Waals surface area contributed by atoms with Crippen LogP contribution in [0.4, 0.5) is 19.4 Å². The van der Waals surface area contributed by atoms with Crippen LogP contribution in [0.15, 0.2) is 6.20 Å². The number of nitrogens with zero attached hydrogens (tertiary/aromatic N) is 6. The summed E-state index contributed by atoms with van der Waals surface area (Å²) in [5.41, 5.74) is -1.22. The quantitative estimate of drug-likeness (QED) is 0.518. The van der Waals surface area contributed by atoms with E-state index in [0.29, 0.717) is 37.3 Å². The molecule has 0 spiro atoms. The Bertz CT molecular complexity index is 1300. The molecule has 9 nitrogen and oxygen atoms in total. The highest BCUT2D eigenvalue weighted by atomic mass is 35.5. The number of amides is 1. The molecule has 4 unspecified atom stereocenters. The Morgan fingerprint density at radius 2 is 2.00 bits per heavy atom. The van der Waals surface area contributed by atoms with Crippen LogP contribution in [0.2, 0.25) is 5.15 Å². The Labute approximate surface area is 226 Å². The molecule has 0 saturated carbocycles. The first-order valence-corrected chi connectivity index (χ1v) is 13.6. The average molecular weight is 552 g/mol. The topological polar surface area (TPSA) is 83.9 Å². The Morgan fingerprint density at radius 1 is 1.26 bits per heavy atom. The van der Waals surface area contributed by atoms with Crippen LogP contribution in [0.25, 0.3) is 10.9 Å². The summed E-state index contributed by atoms with van der Waals surface area (Å²) in [6.07, 6.45) is 2.37. The Balaban J connectivity index is 1.30. The van der Waals surface area contributed by atoms with Gasteiger partial charge in [0.1, 0.15) is 29.7 Å². The molecule has 1 amide bonds. The van der Waals surface area contributed by atoms with Gasteiger partial charge in [-0.3, -0.25) is 9.80 Å². The summed E-state index contributed by atoms with van der Waals surface area (Å²) in [6.45, 7) is 7.34. The highest BCUT2D eigenvalue weighted by molar-refractivity contribution is 6.30. The largest absolute Gasteiger partial charge is 0.461 e. The van der Waals surface area contributed by atoms with E-state index < -0.39 is 23.1 Å². The molecular formula is C26H33ClF2N6O3. The van der Waals surface area contributed by atoms with Gasteiger partial charge in [-0.2, -0.15) is 9.97 Å². The van der Waals surface area contributed by atoms with E-state index in [4.69, 9.17) is 22.4 Å². The Kier molecular flexibility index (Phi) is 5.99. The Hall–Kier alpha value is -2.53. The van der Waals surface area contributed by atoms with E-state index in [1.807, 2.05) is 35.5 Å². The number of hydrogen-bond donors (Lipinski definition) is 0. The van der Waals surface area contributed by atoms with Gasteiger partial charge in [-0.1, -0.05) is 11.6 Å². The molecule has 12 heteroatoms. The maximum absolute atomic E-state index is 15.2. The van der Waals surface area contributed by atoms with Crippen LogP contribution in [0.3, 0.4) is 0 Å². The summed E-state index contributed by atoms with van der Waals surface area (Å²) in [5, 5.41) is 0.0884. The van der Waals surface area contributed by atoms with Crippen molar-refractivity contribution in [2.24, 2.45) is 0 Å². The fourth-order valence-electron chi connectivity index (χ4n) is 6.47. The third-order valence-corrected chi connectivity index (χ3v) is 8.34. The molecule has 2 aromatic heterocycles. The normalized spacial score (nSPS) is 31.6. The number of anilines is 1. The number of hydrogen-bond acceptors (Lipinski definition) is 8. The van der Waals surface area contributed by atoms with E-state index in [2.05, 4.69) is 15.0 Å². The lowest BCUT2D eigenvalue weighted by Gasteiger charge is -2.42. The van der Waals surface area contributed by atoms with Gasteiger partial charge in [0.25, 0.3) is 0 Å². The van der Waals surface area contributed by atoms with Crippen molar-refractivity contribution in [3.8, 4) is 6.01 Å². The highest BCUT2D eigenvalue weighted by Crippen LogP contribution is 2.41. The van der Waals surface area contributed by atoms with Gasteiger partial charge in [0.15, 0.2) is 11.0 Å². The Morgan fingerprint density at radius 3 is 2.71 bits per heavy atom. The van der Waals surface area contributed by atoms with E-state index in [0.717, 1.165) is 19.3 Å². The second-order valence-electron chi connectivity index (χ2n) is 11.9. The molecule has 4 atom stereocenters. The molecule has 4 aliphatic heterocycles. The van der Waals surface area contributed by atoms with Crippen LogP contribution < -0.4 is 9.64 Å². The highest BCUT2D eigenvalue weighted by Gasteiger charge is 2.49. The zero-order valence-corrected chi connectivity index (χ0v) is 22.6. The summed E-state index contributed by atoms with van der Waals surface area (Å²) in [7, 11) is 0. The fourth-order valence-corrected chi connectivity index (χ4v) is 6.61. The molecule has 6 heterocycles. The molecule has 206 valence electrons. The number of fused-ring (bicyclic) bond motifs is 4. The number of ether oxygens (including phenoxy) is 2. The van der Waals surface area contributed by atoms with Gasteiger partial charge in [0.05, 0.1) is 24.4 Å². The molecule has 0 N–H and O–H groups in total. The first-order valence-electron chi connectivity index (χ1n) is 13.7. The minimum atomic E-state index is -2.03. The lowest BCUT2D eigenvalue weighted by molar-refractivity contribution is 0.0122. The number of piperazine rings is 1. The molecule has 38 heavy (non-hydrogen) atoms. The number of alkyl halides is 1. The van der Waals surface area contributed by atoms with Gasteiger partial charge in [-0.15, -0.1) is 0 Å². The molecule has 6 rings (SSSR count). The van der Waals surface area contributed by atoms with Crippen LogP contribution in [-0.2, 0) is 4.74 Å². The lowest BCUT2D eigenvalue weighted by Crippen LogP contribution is -2.57. The molecular weight excluding hydrogens is 518 g/mol. The minimum absolute atomic E-state index is 0.00977. The van der Waals surface area contributed by atoms with E-state index in [1.54, 1.807) is 0 Å². The van der Waals surface area contributed by atoms with Gasteiger partial charge in [-0.25, -0.2) is 18.6 Å². The number of halogens is 3. The van der Waals surface area contributed by atoms with E-state index in [9.17, 15) is 9.18 Å². The van der Waals surface area contributed by atoms with Crippen molar-refractivity contribution >= 4 is 34.4 Å². The number of carbonyl (C=O) groups excluding carboxylic acids is 1. The summed E-state index contributed by atoms with van der Waals surface area (Å²) in [6, 6.07) is -0.211. The maximum Gasteiger partial charge on any atom is 0.410 e. The van der Waals surface area contributed by atoms with Gasteiger partial charge >= 0.3 is 12.1 Å². The molecule has 4 aliphatic rings. The van der Waals surface area contributed by atoms with Crippen molar-refractivity contribution in [2.45, 2.75) is 82.2 Å². The van der Waals surface area contributed by atoms with Crippen LogP contribution in [0, 0.1) is 5.82 Å². The maximum atomic E-state index is 15.2. The van der Waals surface area contributed by atoms with Crippen LogP contribution in [-0.4, -0.2) is 93.0 Å². The second-order valence-corrected chi connectivity index (χ2v) is 12.2. The first kappa shape index (κ1) is 24.5. The third kappa shape index (κ3) is 4.51. The summed E-state index contributed by atoms with van der Waals surface area (Å²) >= 11 is 6.00. The molecule has 2 bridgehead atoms. The van der Waals surface area contributed by atoms with E-state index in [1.165, 1.54) is 6.20 Å². The number of rotatable bonds is 4. The molecule has 0 radical (unpaired) electrons. The lowest BCUT2D eigenvalue weighted by atomic mass is 9.95. The fraction of sp³-hybridized carbons (Fsp3) is 0.692. The molecule has 0 aliphatic carbocycles. The van der Waals surface area contributed by atoms with E-state index >= 15 is 4.39 Å². The van der Waals surface area contributed by atoms with Crippen LogP contribution >= 0.6 is 11.6 Å². The van der Waals surface area contributed by atoms with Crippen molar-refractivity contribution in [2.75, 3.05) is 37.7 Å². The van der Waals surface area contributed by atoms with Gasteiger partial charge in [0, 0.05) is 32.3 Å². The molecule has 4 saturated heterocycles. The zero-order chi connectivity index (χ0) is 27.7. The standard InChI is InChI=1S/C26H33ClF2N6O3/c1-25(2,3)38-24(36)35-16-5-6-17(35)13-33(12-16)22-18-10-30-21(27)19(29)20(18)31-23(32-22)37-14-26-7-4-8-34(26)11-15(28)9-26/h10,15-17H,4-9,11-14H2,1-3H3/i15D. The minimum Gasteiger partial charge on any atom is -0.461 e. The summed E-state index contributed by atoms with van der Waals surface area (Å²) in [5.74, 6) is -0.320. The SMILES string of the molecule is [2H]C1(F)CN2CCCC2(COc2nc(N3CC4CCC(C3)N4C(=O)OC(C)(C)C)c3cnc(Cl)c(F)c3n2)C1. The van der Waals surface area contributed by atoms with Crippen molar-refractivity contribution < 1.29 is 24.4 Å². The number of pyridine rings is 1. The van der Waals surface area contributed by atoms with Crippen molar-refractivity contribution in [3.05, 3.63) is 17.2 Å². The van der Waals surface area contributed by atoms with Crippen molar-refractivity contribution in [3.63, 3.8) is 0 Å². The van der Waals surface area contributed by atoms with E-state index in [-0.39, 0.29) is 54.4 Å². The third-order valence-electron chi connectivity index (χ3n) is 8.08. The average Bonchev–Trinajstić information content (AvgIpc) is 3.43. The predicted molar refractivity (Wildman–Crippen MR) is 138 cm³/mol. The summed E-state index contributed by atoms with van der Waals surface area (Å²) < 4.78 is 49.4. The summed E-state index contributed by atoms with van der Waals surface area (Å²) in [4.78, 5) is 31.7. The zero-order valence-electron chi connectivity index (χ0n) is 22.8. The molecule has 2 aromatic rings. The second kappa shape index (κ2) is 9.29. The first-order chi connectivity index (χ1) is 18.3. The van der Waals surface area contributed by atoms with Crippen LogP contribution in [0.1, 0.15) is 54.2 Å². The van der Waals surface area contributed by atoms with Gasteiger partial charge in [0.2, 0.25) is 0 Å². The molecule has 0 aromatic carbocycles. The monoisotopic (exact) mass is 551 g/mol. The molecule has 4 fully saturated rings. The smallest absolute Gasteiger partial charge is 0.410 e. The van der Waals surface area contributed by atoms with Crippen molar-refractivity contribution in [1.29, 1.82) is 0 Å². The number of aromatic nitrogens is 3. The van der Waals surface area contributed by atoms with Gasteiger partial charge in [-0.05, 0) is 53.0 Å².